The molecule has 19 heavy (non-hydrogen) atoms. The van der Waals surface area contributed by atoms with Gasteiger partial charge in [-0.15, -0.1) is 0 Å². The molecule has 4 nitrogen and oxygen atoms in total. The van der Waals surface area contributed by atoms with Crippen molar-refractivity contribution in [3.8, 4) is 6.07 Å². The van der Waals surface area contributed by atoms with Gasteiger partial charge in [0.25, 0.3) is 0 Å². The highest BCUT2D eigenvalue weighted by Gasteiger charge is 2.29. The fourth-order valence-corrected chi connectivity index (χ4v) is 3.08. The number of benzene rings is 1. The van der Waals surface area contributed by atoms with Crippen LogP contribution >= 0.6 is 0 Å². The summed E-state index contributed by atoms with van der Waals surface area (Å²) in [5, 5.41) is 12.1. The van der Waals surface area contributed by atoms with Crippen molar-refractivity contribution < 1.29 is 4.79 Å². The van der Waals surface area contributed by atoms with E-state index in [1.165, 1.54) is 11.1 Å². The zero-order chi connectivity index (χ0) is 13.2. The third-order valence-electron chi connectivity index (χ3n) is 4.10. The highest BCUT2D eigenvalue weighted by atomic mass is 16.2. The molecule has 0 spiro atoms. The second kappa shape index (κ2) is 5.02. The summed E-state index contributed by atoms with van der Waals surface area (Å²) in [5.74, 6) is 0.205. The summed E-state index contributed by atoms with van der Waals surface area (Å²) in [6.07, 6.45) is 2.92. The van der Waals surface area contributed by atoms with E-state index < -0.39 is 0 Å². The summed E-state index contributed by atoms with van der Waals surface area (Å²) >= 11 is 0. The summed E-state index contributed by atoms with van der Waals surface area (Å²) in [6.45, 7) is 2.14. The standard InChI is InChI=1S/C15H17N3O/c16-9-11-1-2-12-3-4-14(8-13(12)7-11)18-6-5-17-10-15(18)19/h1-2,7,14,17H,3-6,8,10H2. The van der Waals surface area contributed by atoms with Crippen LogP contribution in [0.1, 0.15) is 23.1 Å². The number of nitriles is 1. The van der Waals surface area contributed by atoms with Crippen LogP contribution in [0.3, 0.4) is 0 Å². The minimum Gasteiger partial charge on any atom is -0.337 e. The lowest BCUT2D eigenvalue weighted by atomic mass is 9.86. The first-order valence-electron chi connectivity index (χ1n) is 6.80. The van der Waals surface area contributed by atoms with Gasteiger partial charge in [0.15, 0.2) is 0 Å². The molecule has 0 aromatic heterocycles. The molecule has 1 aliphatic carbocycles. The Morgan fingerprint density at radius 2 is 2.26 bits per heavy atom. The van der Waals surface area contributed by atoms with Gasteiger partial charge in [0.2, 0.25) is 5.91 Å². The van der Waals surface area contributed by atoms with E-state index in [4.69, 9.17) is 5.26 Å². The van der Waals surface area contributed by atoms with Gasteiger partial charge in [-0.25, -0.2) is 0 Å². The number of rotatable bonds is 1. The second-order valence-electron chi connectivity index (χ2n) is 5.26. The number of carbonyl (C=O) groups is 1. The predicted octanol–water partition coefficient (Wildman–Crippen LogP) is 0.847. The molecule has 1 amide bonds. The van der Waals surface area contributed by atoms with Gasteiger partial charge in [-0.2, -0.15) is 5.26 Å². The maximum Gasteiger partial charge on any atom is 0.236 e. The molecule has 1 fully saturated rings. The van der Waals surface area contributed by atoms with Gasteiger partial charge in [0.1, 0.15) is 0 Å². The number of nitrogens with zero attached hydrogens (tertiary/aromatic N) is 2. The molecule has 1 heterocycles. The van der Waals surface area contributed by atoms with Crippen molar-refractivity contribution in [3.63, 3.8) is 0 Å². The fraction of sp³-hybridized carbons (Fsp3) is 0.467. The van der Waals surface area contributed by atoms with Gasteiger partial charge < -0.3 is 10.2 Å². The molecule has 1 aromatic carbocycles. The molecule has 2 aliphatic rings. The van der Waals surface area contributed by atoms with Crippen LogP contribution in [0.5, 0.6) is 0 Å². The van der Waals surface area contributed by atoms with E-state index >= 15 is 0 Å². The van der Waals surface area contributed by atoms with E-state index in [2.05, 4.69) is 17.5 Å². The Morgan fingerprint density at radius 1 is 1.37 bits per heavy atom. The Balaban J connectivity index is 1.81. The van der Waals surface area contributed by atoms with Crippen LogP contribution in [-0.4, -0.2) is 36.5 Å². The molecular formula is C15H17N3O. The Morgan fingerprint density at radius 3 is 3.05 bits per heavy atom. The molecular weight excluding hydrogens is 238 g/mol. The molecule has 1 aliphatic heterocycles. The molecule has 4 heteroatoms. The normalized spacial score (nSPS) is 22.8. The zero-order valence-corrected chi connectivity index (χ0v) is 10.9. The van der Waals surface area contributed by atoms with Crippen molar-refractivity contribution in [2.24, 2.45) is 0 Å². The largest absolute Gasteiger partial charge is 0.337 e. The highest BCUT2D eigenvalue weighted by molar-refractivity contribution is 5.79. The molecule has 98 valence electrons. The lowest BCUT2D eigenvalue weighted by Crippen LogP contribution is -2.53. The van der Waals surface area contributed by atoms with Crippen LogP contribution in [0, 0.1) is 11.3 Å². The number of amides is 1. The van der Waals surface area contributed by atoms with E-state index in [-0.39, 0.29) is 5.91 Å². The van der Waals surface area contributed by atoms with Gasteiger partial charge in [-0.3, -0.25) is 4.79 Å². The van der Waals surface area contributed by atoms with E-state index in [1.54, 1.807) is 0 Å². The molecule has 1 aromatic rings. The monoisotopic (exact) mass is 255 g/mol. The van der Waals surface area contributed by atoms with Crippen molar-refractivity contribution in [2.75, 3.05) is 19.6 Å². The third kappa shape index (κ3) is 2.34. The highest BCUT2D eigenvalue weighted by Crippen LogP contribution is 2.26. The molecule has 0 radical (unpaired) electrons. The first-order valence-corrected chi connectivity index (χ1v) is 6.80. The maximum atomic E-state index is 11.9. The van der Waals surface area contributed by atoms with E-state index in [0.717, 1.165) is 32.4 Å². The Labute approximate surface area is 113 Å². The summed E-state index contributed by atoms with van der Waals surface area (Å²) in [4.78, 5) is 14.0. The number of aryl methyl sites for hydroxylation is 1. The molecule has 1 atom stereocenters. The van der Waals surface area contributed by atoms with E-state index in [9.17, 15) is 4.79 Å². The molecule has 3 rings (SSSR count). The Hall–Kier alpha value is -1.86. The lowest BCUT2D eigenvalue weighted by Gasteiger charge is -2.37. The van der Waals surface area contributed by atoms with E-state index in [0.29, 0.717) is 18.2 Å². The summed E-state index contributed by atoms with van der Waals surface area (Å²) in [7, 11) is 0. The Kier molecular flexibility index (Phi) is 3.22. The maximum absolute atomic E-state index is 11.9. The SMILES string of the molecule is N#Cc1ccc2c(c1)CC(N1CCNCC1=O)CC2. The summed E-state index contributed by atoms with van der Waals surface area (Å²) in [5.41, 5.74) is 3.28. The lowest BCUT2D eigenvalue weighted by molar-refractivity contribution is -0.134. The average molecular weight is 255 g/mol. The van der Waals surface area contributed by atoms with Crippen molar-refractivity contribution in [1.82, 2.24) is 10.2 Å². The molecule has 1 saturated heterocycles. The molecule has 1 N–H and O–H groups in total. The number of carbonyl (C=O) groups excluding carboxylic acids is 1. The van der Waals surface area contributed by atoms with Crippen molar-refractivity contribution in [2.45, 2.75) is 25.3 Å². The van der Waals surface area contributed by atoms with Crippen molar-refractivity contribution in [3.05, 3.63) is 34.9 Å². The average Bonchev–Trinajstić information content (AvgIpc) is 2.46. The number of nitrogens with one attached hydrogen (secondary N) is 1. The minimum absolute atomic E-state index is 0.205. The van der Waals surface area contributed by atoms with Crippen LogP contribution in [-0.2, 0) is 17.6 Å². The van der Waals surface area contributed by atoms with Crippen LogP contribution in [0.15, 0.2) is 18.2 Å². The quantitative estimate of drug-likeness (QED) is 0.809. The first-order chi connectivity index (χ1) is 9.28. The number of piperazine rings is 1. The van der Waals surface area contributed by atoms with Crippen LogP contribution in [0.2, 0.25) is 0 Å². The molecule has 1 unspecified atom stereocenters. The van der Waals surface area contributed by atoms with Gasteiger partial charge in [-0.05, 0) is 42.5 Å². The second-order valence-corrected chi connectivity index (χ2v) is 5.26. The molecule has 0 saturated carbocycles. The zero-order valence-electron chi connectivity index (χ0n) is 10.9. The van der Waals surface area contributed by atoms with Crippen molar-refractivity contribution >= 4 is 5.91 Å². The predicted molar refractivity (Wildman–Crippen MR) is 71.6 cm³/mol. The van der Waals surface area contributed by atoms with E-state index in [1.807, 2.05) is 17.0 Å². The fourth-order valence-electron chi connectivity index (χ4n) is 3.08. The van der Waals surface area contributed by atoms with Gasteiger partial charge in [0.05, 0.1) is 18.2 Å². The number of fused-ring (bicyclic) bond motifs is 1. The van der Waals surface area contributed by atoms with Gasteiger partial charge >= 0.3 is 0 Å². The number of hydrogen-bond acceptors (Lipinski definition) is 3. The van der Waals surface area contributed by atoms with Crippen LogP contribution in [0.4, 0.5) is 0 Å². The third-order valence-corrected chi connectivity index (χ3v) is 4.10. The van der Waals surface area contributed by atoms with Crippen molar-refractivity contribution in [1.29, 1.82) is 5.26 Å². The first kappa shape index (κ1) is 12.2. The van der Waals surface area contributed by atoms with Crippen LogP contribution in [0.25, 0.3) is 0 Å². The number of hydrogen-bond donors (Lipinski definition) is 1. The van der Waals surface area contributed by atoms with Gasteiger partial charge in [-0.1, -0.05) is 6.07 Å². The smallest absolute Gasteiger partial charge is 0.236 e. The summed E-state index contributed by atoms with van der Waals surface area (Å²) < 4.78 is 0. The van der Waals surface area contributed by atoms with Crippen LogP contribution < -0.4 is 5.32 Å². The Bertz CT molecular complexity index is 547. The van der Waals surface area contributed by atoms with Gasteiger partial charge in [0, 0.05) is 19.1 Å². The summed E-state index contributed by atoms with van der Waals surface area (Å²) in [6, 6.07) is 8.42. The topological polar surface area (TPSA) is 56.1 Å². The minimum atomic E-state index is 0.205. The molecule has 0 bridgehead atoms.